The number of benzene rings is 2. The summed E-state index contributed by atoms with van der Waals surface area (Å²) < 4.78 is 0. The third kappa shape index (κ3) is 3.42. The van der Waals surface area contributed by atoms with Gasteiger partial charge in [-0.05, 0) is 34.6 Å². The third-order valence-electron chi connectivity index (χ3n) is 4.14. The summed E-state index contributed by atoms with van der Waals surface area (Å²) in [5.74, 6) is 0.275. The monoisotopic (exact) mass is 327 g/mol. The van der Waals surface area contributed by atoms with E-state index in [0.29, 0.717) is 5.56 Å². The summed E-state index contributed by atoms with van der Waals surface area (Å²) in [6.07, 6.45) is 0. The van der Waals surface area contributed by atoms with Crippen LogP contribution in [0.5, 0.6) is 5.75 Å². The van der Waals surface area contributed by atoms with Crippen LogP contribution < -0.4 is 0 Å². The molecule has 0 unspecified atom stereocenters. The maximum atomic E-state index is 11.4. The maximum Gasteiger partial charge on any atom is 0.277 e. The Labute approximate surface area is 143 Å². The number of para-hydroxylation sites is 1. The first-order valence-corrected chi connectivity index (χ1v) is 8.04. The van der Waals surface area contributed by atoms with Gasteiger partial charge in [-0.1, -0.05) is 53.7 Å². The van der Waals surface area contributed by atoms with Crippen LogP contribution in [0.15, 0.2) is 36.4 Å². The van der Waals surface area contributed by atoms with Crippen molar-refractivity contribution in [1.82, 2.24) is 0 Å². The molecule has 0 aliphatic rings. The Balaban J connectivity index is 2.84. The van der Waals surface area contributed by atoms with E-state index < -0.39 is 0 Å². The maximum absolute atomic E-state index is 11.4. The van der Waals surface area contributed by atoms with Gasteiger partial charge in [-0.2, -0.15) is 0 Å². The lowest BCUT2D eigenvalue weighted by Gasteiger charge is -2.28. The van der Waals surface area contributed by atoms with E-state index in [0.717, 1.165) is 16.7 Å². The quantitative estimate of drug-likeness (QED) is 0.580. The van der Waals surface area contributed by atoms with Gasteiger partial charge in [0, 0.05) is 17.2 Å². The van der Waals surface area contributed by atoms with E-state index in [4.69, 9.17) is 0 Å². The van der Waals surface area contributed by atoms with Crippen molar-refractivity contribution in [3.05, 3.63) is 57.6 Å². The molecule has 0 amide bonds. The van der Waals surface area contributed by atoms with Gasteiger partial charge >= 0.3 is 0 Å². The summed E-state index contributed by atoms with van der Waals surface area (Å²) in [4.78, 5) is 11.0. The average molecular weight is 327 g/mol. The van der Waals surface area contributed by atoms with Gasteiger partial charge in [-0.15, -0.1) is 0 Å². The Morgan fingerprint density at radius 1 is 0.917 bits per heavy atom. The van der Waals surface area contributed by atoms with Crippen LogP contribution in [0.2, 0.25) is 0 Å². The normalized spacial score (nSPS) is 12.2. The Kier molecular flexibility index (Phi) is 4.44. The molecule has 4 heteroatoms. The molecule has 1 N–H and O–H groups in total. The molecule has 0 aromatic heterocycles. The third-order valence-corrected chi connectivity index (χ3v) is 4.14. The van der Waals surface area contributed by atoms with Crippen molar-refractivity contribution in [3.63, 3.8) is 0 Å². The van der Waals surface area contributed by atoms with Crippen molar-refractivity contribution >= 4 is 5.69 Å². The number of hydrogen-bond acceptors (Lipinski definition) is 3. The van der Waals surface area contributed by atoms with Crippen molar-refractivity contribution < 1.29 is 10.0 Å². The smallest absolute Gasteiger partial charge is 0.277 e. The Morgan fingerprint density at radius 3 is 1.79 bits per heavy atom. The predicted molar refractivity (Wildman–Crippen MR) is 97.6 cm³/mol. The first-order valence-electron chi connectivity index (χ1n) is 8.04. The minimum atomic E-state index is -0.365. The van der Waals surface area contributed by atoms with Crippen LogP contribution in [0.4, 0.5) is 5.69 Å². The van der Waals surface area contributed by atoms with Crippen molar-refractivity contribution in [3.8, 4) is 16.9 Å². The lowest BCUT2D eigenvalue weighted by atomic mass is 9.77. The van der Waals surface area contributed by atoms with Gasteiger partial charge < -0.3 is 5.11 Å². The van der Waals surface area contributed by atoms with E-state index in [2.05, 4.69) is 0 Å². The minimum Gasteiger partial charge on any atom is -0.507 e. The molecule has 2 aromatic carbocycles. The number of aromatic hydroxyl groups is 1. The van der Waals surface area contributed by atoms with Crippen LogP contribution in [-0.4, -0.2) is 10.0 Å². The van der Waals surface area contributed by atoms with Crippen LogP contribution in [0.3, 0.4) is 0 Å². The van der Waals surface area contributed by atoms with Gasteiger partial charge in [0.1, 0.15) is 5.75 Å². The molecule has 2 rings (SSSR count). The molecule has 0 saturated heterocycles. The molecule has 0 aliphatic heterocycles. The first-order chi connectivity index (χ1) is 10.9. The number of phenols is 1. The molecule has 0 heterocycles. The molecule has 2 aromatic rings. The van der Waals surface area contributed by atoms with Crippen molar-refractivity contribution in [2.75, 3.05) is 0 Å². The summed E-state index contributed by atoms with van der Waals surface area (Å²) >= 11 is 0. The highest BCUT2D eigenvalue weighted by Crippen LogP contribution is 2.43. The highest BCUT2D eigenvalue weighted by Gasteiger charge is 2.28. The van der Waals surface area contributed by atoms with Crippen LogP contribution in [0.1, 0.15) is 52.7 Å². The Bertz CT molecular complexity index is 745. The molecule has 0 saturated carbocycles. The Hall–Kier alpha value is -2.36. The van der Waals surface area contributed by atoms with E-state index in [1.165, 1.54) is 6.07 Å². The number of nitro benzene ring substituents is 1. The second-order valence-electron chi connectivity index (χ2n) is 8.19. The lowest BCUT2D eigenvalue weighted by molar-refractivity contribution is -0.384. The van der Waals surface area contributed by atoms with Crippen LogP contribution in [0.25, 0.3) is 11.1 Å². The second kappa shape index (κ2) is 5.93. The number of nitro groups is 1. The highest BCUT2D eigenvalue weighted by molar-refractivity contribution is 5.76. The van der Waals surface area contributed by atoms with Gasteiger partial charge in [0.15, 0.2) is 0 Å². The zero-order valence-electron chi connectivity index (χ0n) is 15.2. The molecule has 0 spiro atoms. The molecule has 128 valence electrons. The van der Waals surface area contributed by atoms with Crippen LogP contribution >= 0.6 is 0 Å². The van der Waals surface area contributed by atoms with Gasteiger partial charge in [-0.25, -0.2) is 0 Å². The van der Waals surface area contributed by atoms with Crippen molar-refractivity contribution in [1.29, 1.82) is 0 Å². The predicted octanol–water partition coefficient (Wildman–Crippen LogP) is 5.56. The largest absolute Gasteiger partial charge is 0.507 e. The fourth-order valence-electron chi connectivity index (χ4n) is 2.81. The molecule has 0 bridgehead atoms. The number of hydrogen-bond donors (Lipinski definition) is 1. The van der Waals surface area contributed by atoms with Gasteiger partial charge in [-0.3, -0.25) is 10.1 Å². The summed E-state index contributed by atoms with van der Waals surface area (Å²) in [5, 5.41) is 22.2. The van der Waals surface area contributed by atoms with Crippen LogP contribution in [0, 0.1) is 10.1 Å². The van der Waals surface area contributed by atoms with E-state index in [1.54, 1.807) is 18.2 Å². The molecule has 0 atom stereocenters. The van der Waals surface area contributed by atoms with E-state index >= 15 is 0 Å². The van der Waals surface area contributed by atoms with Crippen molar-refractivity contribution in [2.45, 2.75) is 52.4 Å². The lowest BCUT2D eigenvalue weighted by Crippen LogP contribution is -2.17. The van der Waals surface area contributed by atoms with Gasteiger partial charge in [0.2, 0.25) is 0 Å². The summed E-state index contributed by atoms with van der Waals surface area (Å²) in [6.45, 7) is 12.2. The fraction of sp³-hybridized carbons (Fsp3) is 0.400. The van der Waals surface area contributed by atoms with E-state index in [-0.39, 0.29) is 27.2 Å². The minimum absolute atomic E-state index is 0.0721. The van der Waals surface area contributed by atoms with E-state index in [9.17, 15) is 15.2 Å². The van der Waals surface area contributed by atoms with E-state index in [1.807, 2.05) is 53.7 Å². The molecular weight excluding hydrogens is 302 g/mol. The zero-order valence-corrected chi connectivity index (χ0v) is 15.2. The van der Waals surface area contributed by atoms with Crippen LogP contribution in [-0.2, 0) is 10.8 Å². The standard InChI is InChI=1S/C20H25NO3/c1-19(2,3)15-11-13(12-16(18(15)22)20(4,5)6)14-9-7-8-10-17(14)21(23)24/h7-12,22H,1-6H3. The molecule has 0 fully saturated rings. The topological polar surface area (TPSA) is 63.4 Å². The number of rotatable bonds is 2. The summed E-state index contributed by atoms with van der Waals surface area (Å²) in [6, 6.07) is 10.5. The second-order valence-corrected chi connectivity index (χ2v) is 8.19. The molecule has 24 heavy (non-hydrogen) atoms. The number of phenolic OH excluding ortho intramolecular Hbond substituents is 1. The molecule has 4 nitrogen and oxygen atoms in total. The molecular formula is C20H25NO3. The average Bonchev–Trinajstić information content (AvgIpc) is 2.45. The molecule has 0 radical (unpaired) electrons. The summed E-state index contributed by atoms with van der Waals surface area (Å²) in [5.41, 5.74) is 2.44. The number of nitrogens with zero attached hydrogens (tertiary/aromatic N) is 1. The fourth-order valence-corrected chi connectivity index (χ4v) is 2.81. The highest BCUT2D eigenvalue weighted by atomic mass is 16.6. The van der Waals surface area contributed by atoms with Gasteiger partial charge in [0.25, 0.3) is 5.69 Å². The molecule has 0 aliphatic carbocycles. The Morgan fingerprint density at radius 2 is 1.38 bits per heavy atom. The van der Waals surface area contributed by atoms with Crippen molar-refractivity contribution in [2.24, 2.45) is 0 Å². The van der Waals surface area contributed by atoms with Gasteiger partial charge in [0.05, 0.1) is 10.5 Å². The first kappa shape index (κ1) is 18.0. The SMILES string of the molecule is CC(C)(C)c1cc(-c2ccccc2[N+](=O)[O-])cc(C(C)(C)C)c1O. The zero-order chi connectivity index (χ0) is 18.3. The summed E-state index contributed by atoms with van der Waals surface area (Å²) in [7, 11) is 0.